The minimum Gasteiger partial charge on any atom is -0.497 e. The summed E-state index contributed by atoms with van der Waals surface area (Å²) in [5.41, 5.74) is 8.79. The van der Waals surface area contributed by atoms with Crippen molar-refractivity contribution in [2.75, 3.05) is 33.0 Å². The number of nitrogens with zero attached hydrogens (tertiary/aromatic N) is 1. The SMILES string of the molecule is COc1ccc(C(NC(=O)CC[C@H]2C(=O)NCCN2C(=O)c2cccc3cc(N)ccc23)c2ccc(OC)cc2)cc1. The molecule has 0 bridgehead atoms. The van der Waals surface area contributed by atoms with Crippen molar-refractivity contribution in [2.45, 2.75) is 24.9 Å². The van der Waals surface area contributed by atoms with Gasteiger partial charge in [-0.15, -0.1) is 0 Å². The molecule has 1 saturated heterocycles. The van der Waals surface area contributed by atoms with Crippen LogP contribution in [0.1, 0.15) is 40.4 Å². The van der Waals surface area contributed by atoms with Gasteiger partial charge < -0.3 is 30.7 Å². The maximum Gasteiger partial charge on any atom is 0.255 e. The second-order valence-corrected chi connectivity index (χ2v) is 10.2. The molecule has 9 nitrogen and oxygen atoms in total. The summed E-state index contributed by atoms with van der Waals surface area (Å²) in [5, 5.41) is 7.58. The van der Waals surface area contributed by atoms with E-state index in [0.717, 1.165) is 21.9 Å². The molecule has 4 aromatic carbocycles. The summed E-state index contributed by atoms with van der Waals surface area (Å²) in [6, 6.07) is 24.6. The topological polar surface area (TPSA) is 123 Å². The standard InChI is InChI=1S/C33H34N4O5/c1-41-25-11-6-21(7-12-25)31(22-8-13-26(42-2)14-9-22)36-30(38)17-16-29-32(39)35-18-19-37(29)33(40)28-5-3-4-23-20-24(34)10-15-27(23)28/h3-15,20,29,31H,16-19,34H2,1-2H3,(H,35,39)(H,36,38)/t29-/m0/s1. The molecule has 216 valence electrons. The van der Waals surface area contributed by atoms with E-state index in [-0.39, 0.29) is 30.6 Å². The Morgan fingerprint density at radius 2 is 1.60 bits per heavy atom. The molecule has 0 aliphatic carbocycles. The van der Waals surface area contributed by atoms with E-state index in [9.17, 15) is 14.4 Å². The van der Waals surface area contributed by atoms with Crippen LogP contribution in [-0.2, 0) is 9.59 Å². The highest BCUT2D eigenvalue weighted by Crippen LogP contribution is 2.27. The highest BCUT2D eigenvalue weighted by atomic mass is 16.5. The van der Waals surface area contributed by atoms with Gasteiger partial charge in [-0.1, -0.05) is 42.5 Å². The Bertz CT molecular complexity index is 1540. The number of methoxy groups -OCH3 is 2. The molecule has 0 unspecified atom stereocenters. The number of carbonyl (C=O) groups excluding carboxylic acids is 3. The second-order valence-electron chi connectivity index (χ2n) is 10.2. The number of carbonyl (C=O) groups is 3. The van der Waals surface area contributed by atoms with Gasteiger partial charge in [-0.3, -0.25) is 14.4 Å². The lowest BCUT2D eigenvalue weighted by Gasteiger charge is -2.35. The van der Waals surface area contributed by atoms with Gasteiger partial charge in [0.25, 0.3) is 5.91 Å². The maximum absolute atomic E-state index is 13.7. The van der Waals surface area contributed by atoms with Crippen LogP contribution in [0.4, 0.5) is 5.69 Å². The van der Waals surface area contributed by atoms with Crippen LogP contribution in [-0.4, -0.2) is 56.0 Å². The van der Waals surface area contributed by atoms with Crippen molar-refractivity contribution in [1.29, 1.82) is 0 Å². The lowest BCUT2D eigenvalue weighted by Crippen LogP contribution is -2.57. The molecule has 42 heavy (non-hydrogen) atoms. The summed E-state index contributed by atoms with van der Waals surface area (Å²) in [6.45, 7) is 0.699. The number of anilines is 1. The number of benzene rings is 4. The Labute approximate surface area is 244 Å². The van der Waals surface area contributed by atoms with E-state index in [0.29, 0.717) is 35.8 Å². The van der Waals surface area contributed by atoms with E-state index >= 15 is 0 Å². The van der Waals surface area contributed by atoms with Gasteiger partial charge in [-0.05, 0) is 70.8 Å². The smallest absolute Gasteiger partial charge is 0.255 e. The molecule has 0 saturated carbocycles. The van der Waals surface area contributed by atoms with Gasteiger partial charge in [0.2, 0.25) is 11.8 Å². The molecule has 3 amide bonds. The molecule has 1 atom stereocenters. The minimum atomic E-state index is -0.776. The number of hydrogen-bond acceptors (Lipinski definition) is 6. The normalized spacial score (nSPS) is 14.9. The van der Waals surface area contributed by atoms with Crippen molar-refractivity contribution in [2.24, 2.45) is 0 Å². The number of nitrogens with two attached hydrogens (primary N) is 1. The Hall–Kier alpha value is -5.05. The van der Waals surface area contributed by atoms with Crippen molar-refractivity contribution in [1.82, 2.24) is 15.5 Å². The zero-order chi connectivity index (χ0) is 29.6. The predicted molar refractivity (Wildman–Crippen MR) is 161 cm³/mol. The molecule has 0 aromatic heterocycles. The number of nitrogens with one attached hydrogen (secondary N) is 2. The Morgan fingerprint density at radius 1 is 0.952 bits per heavy atom. The number of nitrogen functional groups attached to an aromatic ring is 1. The molecule has 5 rings (SSSR count). The molecule has 1 heterocycles. The third-order valence-electron chi connectivity index (χ3n) is 7.57. The lowest BCUT2D eigenvalue weighted by atomic mass is 9.97. The summed E-state index contributed by atoms with van der Waals surface area (Å²) in [6.07, 6.45) is 0.232. The molecular formula is C33H34N4O5. The first-order valence-corrected chi connectivity index (χ1v) is 13.8. The summed E-state index contributed by atoms with van der Waals surface area (Å²) in [5.74, 6) is 0.661. The first kappa shape index (κ1) is 28.5. The van der Waals surface area contributed by atoms with Crippen molar-refractivity contribution in [3.63, 3.8) is 0 Å². The summed E-state index contributed by atoms with van der Waals surface area (Å²) in [4.78, 5) is 41.6. The first-order chi connectivity index (χ1) is 20.4. The summed E-state index contributed by atoms with van der Waals surface area (Å²) in [7, 11) is 3.20. The van der Waals surface area contributed by atoms with Gasteiger partial charge in [0.1, 0.15) is 17.5 Å². The maximum atomic E-state index is 13.7. The zero-order valence-corrected chi connectivity index (χ0v) is 23.6. The van der Waals surface area contributed by atoms with Crippen LogP contribution in [0.3, 0.4) is 0 Å². The molecule has 9 heteroatoms. The Morgan fingerprint density at radius 3 is 2.21 bits per heavy atom. The average molecular weight is 567 g/mol. The fourth-order valence-corrected chi connectivity index (χ4v) is 5.34. The van der Waals surface area contributed by atoms with Crippen LogP contribution in [0.15, 0.2) is 84.9 Å². The molecule has 1 aliphatic heterocycles. The average Bonchev–Trinajstić information content (AvgIpc) is 3.02. The molecule has 4 N–H and O–H groups in total. The second kappa shape index (κ2) is 12.6. The number of hydrogen-bond donors (Lipinski definition) is 3. The number of rotatable bonds is 9. The van der Waals surface area contributed by atoms with E-state index in [1.807, 2.05) is 66.7 Å². The van der Waals surface area contributed by atoms with Crippen molar-refractivity contribution >= 4 is 34.2 Å². The van der Waals surface area contributed by atoms with Crippen LogP contribution < -0.4 is 25.8 Å². The van der Waals surface area contributed by atoms with Crippen LogP contribution in [0.5, 0.6) is 11.5 Å². The monoisotopic (exact) mass is 566 g/mol. The van der Waals surface area contributed by atoms with Crippen LogP contribution in [0.2, 0.25) is 0 Å². The lowest BCUT2D eigenvalue weighted by molar-refractivity contribution is -0.128. The highest BCUT2D eigenvalue weighted by molar-refractivity contribution is 6.09. The quantitative estimate of drug-likeness (QED) is 0.263. The fourth-order valence-electron chi connectivity index (χ4n) is 5.34. The first-order valence-electron chi connectivity index (χ1n) is 13.8. The third kappa shape index (κ3) is 6.15. The number of piperazine rings is 1. The van der Waals surface area contributed by atoms with Gasteiger partial charge in [0.15, 0.2) is 0 Å². The third-order valence-corrected chi connectivity index (χ3v) is 7.57. The largest absolute Gasteiger partial charge is 0.497 e. The molecule has 0 radical (unpaired) electrons. The fraction of sp³-hybridized carbons (Fsp3) is 0.242. The number of ether oxygens (including phenoxy) is 2. The van der Waals surface area contributed by atoms with Crippen LogP contribution in [0, 0.1) is 0 Å². The molecule has 4 aromatic rings. The van der Waals surface area contributed by atoms with E-state index < -0.39 is 12.1 Å². The zero-order valence-electron chi connectivity index (χ0n) is 23.6. The Kier molecular flexibility index (Phi) is 8.57. The van der Waals surface area contributed by atoms with Crippen molar-refractivity contribution in [3.8, 4) is 11.5 Å². The number of amides is 3. The summed E-state index contributed by atoms with van der Waals surface area (Å²) < 4.78 is 10.6. The van der Waals surface area contributed by atoms with Crippen LogP contribution in [0.25, 0.3) is 10.8 Å². The molecule has 1 fully saturated rings. The van der Waals surface area contributed by atoms with Crippen LogP contribution >= 0.6 is 0 Å². The van der Waals surface area contributed by atoms with Gasteiger partial charge in [0, 0.05) is 30.8 Å². The van der Waals surface area contributed by atoms with Gasteiger partial charge >= 0.3 is 0 Å². The Balaban J connectivity index is 1.33. The molecular weight excluding hydrogens is 532 g/mol. The van der Waals surface area contributed by atoms with Crippen molar-refractivity contribution in [3.05, 3.63) is 102 Å². The highest BCUT2D eigenvalue weighted by Gasteiger charge is 2.34. The van der Waals surface area contributed by atoms with Gasteiger partial charge in [0.05, 0.1) is 20.3 Å². The van der Waals surface area contributed by atoms with Gasteiger partial charge in [-0.25, -0.2) is 0 Å². The molecule has 1 aliphatic rings. The predicted octanol–water partition coefficient (Wildman–Crippen LogP) is 4.07. The van der Waals surface area contributed by atoms with E-state index in [1.54, 1.807) is 37.3 Å². The van der Waals surface area contributed by atoms with E-state index in [2.05, 4.69) is 10.6 Å². The van der Waals surface area contributed by atoms with Crippen molar-refractivity contribution < 1.29 is 23.9 Å². The van der Waals surface area contributed by atoms with Gasteiger partial charge in [-0.2, -0.15) is 0 Å². The van der Waals surface area contributed by atoms with E-state index in [1.165, 1.54) is 0 Å². The number of fused-ring (bicyclic) bond motifs is 1. The summed E-state index contributed by atoms with van der Waals surface area (Å²) >= 11 is 0. The minimum absolute atomic E-state index is 0.0523. The van der Waals surface area contributed by atoms with E-state index in [4.69, 9.17) is 15.2 Å². The molecule has 0 spiro atoms.